The molecule has 20 heavy (non-hydrogen) atoms. The monoisotopic (exact) mass is 347 g/mol. The molecule has 120 valence electrons. The molecule has 0 spiro atoms. The molecule has 0 aromatic carbocycles. The molecule has 0 aromatic rings. The molecule has 9 heteroatoms. The molecular formula is C11H23Cl2N3O3S. The predicted molar refractivity (Wildman–Crippen MR) is 83.6 cm³/mol. The van der Waals surface area contributed by atoms with Crippen LogP contribution in [0.4, 0.5) is 0 Å². The normalized spacial score (nSPS) is 26.2. The van der Waals surface area contributed by atoms with E-state index < -0.39 is 9.84 Å². The van der Waals surface area contributed by atoms with Gasteiger partial charge in [0, 0.05) is 38.8 Å². The van der Waals surface area contributed by atoms with Crippen LogP contribution in [0.25, 0.3) is 0 Å². The molecule has 0 bridgehead atoms. The van der Waals surface area contributed by atoms with Crippen molar-refractivity contribution in [2.75, 3.05) is 50.8 Å². The van der Waals surface area contributed by atoms with Gasteiger partial charge in [0.2, 0.25) is 5.91 Å². The minimum Gasteiger partial charge on any atom is -0.336 e. The summed E-state index contributed by atoms with van der Waals surface area (Å²) in [6.45, 7) is 5.75. The Labute approximate surface area is 133 Å². The Balaban J connectivity index is 0.00000180. The van der Waals surface area contributed by atoms with Crippen LogP contribution in [0.5, 0.6) is 0 Å². The van der Waals surface area contributed by atoms with Gasteiger partial charge in [-0.25, -0.2) is 8.42 Å². The van der Waals surface area contributed by atoms with E-state index in [9.17, 15) is 13.2 Å². The first-order chi connectivity index (χ1) is 8.48. The van der Waals surface area contributed by atoms with Gasteiger partial charge in [-0.1, -0.05) is 0 Å². The summed E-state index contributed by atoms with van der Waals surface area (Å²) in [7, 11) is -2.86. The van der Waals surface area contributed by atoms with E-state index in [-0.39, 0.29) is 48.3 Å². The van der Waals surface area contributed by atoms with Crippen molar-refractivity contribution in [3.8, 4) is 0 Å². The van der Waals surface area contributed by atoms with Crippen molar-refractivity contribution >= 4 is 40.6 Å². The van der Waals surface area contributed by atoms with E-state index in [1.807, 2.05) is 16.7 Å². The van der Waals surface area contributed by atoms with Gasteiger partial charge in [0.25, 0.3) is 0 Å². The van der Waals surface area contributed by atoms with Gasteiger partial charge >= 0.3 is 0 Å². The molecule has 2 saturated heterocycles. The smallest absolute Gasteiger partial charge is 0.237 e. The molecule has 6 nitrogen and oxygen atoms in total. The van der Waals surface area contributed by atoms with Crippen LogP contribution in [0.1, 0.15) is 6.92 Å². The summed E-state index contributed by atoms with van der Waals surface area (Å²) in [6.07, 6.45) is 0. The highest BCUT2D eigenvalue weighted by molar-refractivity contribution is 7.91. The lowest BCUT2D eigenvalue weighted by atomic mass is 10.2. The summed E-state index contributed by atoms with van der Waals surface area (Å²) in [6, 6.07) is 0.222. The fourth-order valence-electron chi connectivity index (χ4n) is 2.40. The molecule has 0 radical (unpaired) electrons. The van der Waals surface area contributed by atoms with Crippen LogP contribution in [-0.4, -0.2) is 80.9 Å². The first-order valence-corrected chi connectivity index (χ1v) is 8.23. The Kier molecular flexibility index (Phi) is 8.35. The van der Waals surface area contributed by atoms with Gasteiger partial charge in [0.05, 0.1) is 18.1 Å². The number of sulfone groups is 1. The SMILES string of the molecule is C[C@H]1CNCCN1C(=O)CN1CCS(=O)(=O)CC1.Cl.Cl. The van der Waals surface area contributed by atoms with Crippen LogP contribution < -0.4 is 5.32 Å². The molecule has 0 aliphatic carbocycles. The van der Waals surface area contributed by atoms with Crippen LogP contribution in [0.3, 0.4) is 0 Å². The number of hydrogen-bond donors (Lipinski definition) is 1. The largest absolute Gasteiger partial charge is 0.336 e. The van der Waals surface area contributed by atoms with Crippen molar-refractivity contribution in [2.24, 2.45) is 0 Å². The zero-order valence-electron chi connectivity index (χ0n) is 11.6. The number of amides is 1. The molecule has 2 aliphatic rings. The van der Waals surface area contributed by atoms with E-state index in [1.54, 1.807) is 0 Å². The number of nitrogens with zero attached hydrogens (tertiary/aromatic N) is 2. The third kappa shape index (κ3) is 5.37. The zero-order valence-corrected chi connectivity index (χ0v) is 14.0. The maximum Gasteiger partial charge on any atom is 0.237 e. The van der Waals surface area contributed by atoms with E-state index in [4.69, 9.17) is 0 Å². The topological polar surface area (TPSA) is 69.7 Å². The Morgan fingerprint density at radius 3 is 2.35 bits per heavy atom. The van der Waals surface area contributed by atoms with Crippen molar-refractivity contribution < 1.29 is 13.2 Å². The Hall–Kier alpha value is -0.0800. The lowest BCUT2D eigenvalue weighted by Gasteiger charge is -2.36. The lowest BCUT2D eigenvalue weighted by Crippen LogP contribution is -2.55. The zero-order chi connectivity index (χ0) is 13.2. The first kappa shape index (κ1) is 19.9. The van der Waals surface area contributed by atoms with Gasteiger partial charge in [-0.15, -0.1) is 24.8 Å². The summed E-state index contributed by atoms with van der Waals surface area (Å²) in [5.74, 6) is 0.470. The number of carbonyl (C=O) groups excluding carboxylic acids is 1. The molecule has 2 aliphatic heterocycles. The highest BCUT2D eigenvalue weighted by Gasteiger charge is 2.27. The highest BCUT2D eigenvalue weighted by atomic mass is 35.5. The minimum atomic E-state index is -2.86. The second kappa shape index (κ2) is 8.38. The van der Waals surface area contributed by atoms with Crippen molar-refractivity contribution in [3.05, 3.63) is 0 Å². The summed E-state index contributed by atoms with van der Waals surface area (Å²) < 4.78 is 22.6. The molecule has 2 rings (SSSR count). The van der Waals surface area contributed by atoms with Gasteiger partial charge in [0.1, 0.15) is 0 Å². The number of rotatable bonds is 2. The highest BCUT2D eigenvalue weighted by Crippen LogP contribution is 2.07. The number of halogens is 2. The summed E-state index contributed by atoms with van der Waals surface area (Å²) in [5.41, 5.74) is 0. The van der Waals surface area contributed by atoms with Crippen molar-refractivity contribution in [3.63, 3.8) is 0 Å². The lowest BCUT2D eigenvalue weighted by molar-refractivity contribution is -0.135. The molecule has 0 aromatic heterocycles. The molecule has 1 N–H and O–H groups in total. The van der Waals surface area contributed by atoms with Crippen LogP contribution in [0.2, 0.25) is 0 Å². The quantitative estimate of drug-likeness (QED) is 0.720. The second-order valence-corrected chi connectivity index (χ2v) is 7.37. The Morgan fingerprint density at radius 1 is 1.20 bits per heavy atom. The maximum absolute atomic E-state index is 12.1. The average Bonchev–Trinajstić information content (AvgIpc) is 2.32. The van der Waals surface area contributed by atoms with Crippen molar-refractivity contribution in [1.29, 1.82) is 0 Å². The minimum absolute atomic E-state index is 0. The van der Waals surface area contributed by atoms with E-state index in [1.165, 1.54) is 0 Å². The van der Waals surface area contributed by atoms with Crippen LogP contribution in [-0.2, 0) is 14.6 Å². The standard InChI is InChI=1S/C11H21N3O3S.2ClH/c1-10-8-12-2-3-14(10)11(15)9-13-4-6-18(16,17)7-5-13;;/h10,12H,2-9H2,1H3;2*1H/t10-;;/m0../s1. The van der Waals surface area contributed by atoms with Crippen LogP contribution >= 0.6 is 24.8 Å². The first-order valence-electron chi connectivity index (χ1n) is 6.41. The average molecular weight is 348 g/mol. The molecular weight excluding hydrogens is 325 g/mol. The van der Waals surface area contributed by atoms with Gasteiger partial charge in [-0.05, 0) is 6.92 Å². The van der Waals surface area contributed by atoms with Gasteiger partial charge in [-0.2, -0.15) is 0 Å². The van der Waals surface area contributed by atoms with E-state index in [0.717, 1.165) is 19.6 Å². The van der Waals surface area contributed by atoms with Crippen LogP contribution in [0.15, 0.2) is 0 Å². The third-order valence-electron chi connectivity index (χ3n) is 3.62. The fourth-order valence-corrected chi connectivity index (χ4v) is 3.68. The van der Waals surface area contributed by atoms with Crippen LogP contribution in [0, 0.1) is 0 Å². The molecule has 2 fully saturated rings. The number of nitrogens with one attached hydrogen (secondary N) is 1. The van der Waals surface area contributed by atoms with Gasteiger partial charge < -0.3 is 10.2 Å². The number of carbonyl (C=O) groups is 1. The summed E-state index contributed by atoms with van der Waals surface area (Å²) >= 11 is 0. The molecule has 0 unspecified atom stereocenters. The van der Waals surface area contributed by atoms with Gasteiger partial charge in [-0.3, -0.25) is 9.69 Å². The third-order valence-corrected chi connectivity index (χ3v) is 5.23. The molecule has 1 atom stereocenters. The Morgan fingerprint density at radius 2 is 1.80 bits per heavy atom. The molecule has 0 saturated carbocycles. The van der Waals surface area contributed by atoms with Gasteiger partial charge in [0.15, 0.2) is 9.84 Å². The second-order valence-electron chi connectivity index (χ2n) is 5.07. The molecule has 2 heterocycles. The summed E-state index contributed by atoms with van der Waals surface area (Å²) in [5, 5.41) is 3.25. The van der Waals surface area contributed by atoms with Crippen molar-refractivity contribution in [1.82, 2.24) is 15.1 Å². The van der Waals surface area contributed by atoms with E-state index in [0.29, 0.717) is 19.6 Å². The summed E-state index contributed by atoms with van der Waals surface area (Å²) in [4.78, 5) is 16.0. The molecule has 1 amide bonds. The number of piperazine rings is 1. The Bertz CT molecular complexity index is 405. The number of hydrogen-bond acceptors (Lipinski definition) is 5. The van der Waals surface area contributed by atoms with Crippen molar-refractivity contribution in [2.45, 2.75) is 13.0 Å². The van der Waals surface area contributed by atoms with E-state index in [2.05, 4.69) is 5.32 Å². The maximum atomic E-state index is 12.1. The van der Waals surface area contributed by atoms with E-state index >= 15 is 0 Å². The predicted octanol–water partition coefficient (Wildman–Crippen LogP) is -0.619. The fraction of sp³-hybridized carbons (Fsp3) is 0.909.